The summed E-state index contributed by atoms with van der Waals surface area (Å²) < 4.78 is 9.62. The fourth-order valence-electron chi connectivity index (χ4n) is 1.79. The summed E-state index contributed by atoms with van der Waals surface area (Å²) in [5.41, 5.74) is -0.185. The lowest BCUT2D eigenvalue weighted by molar-refractivity contribution is -0.188. The molecule has 0 aromatic heterocycles. The van der Waals surface area contributed by atoms with E-state index in [-0.39, 0.29) is 19.1 Å². The molecule has 1 fully saturated rings. The second-order valence-electron chi connectivity index (χ2n) is 4.23. The Morgan fingerprint density at radius 3 is 2.50 bits per heavy atom. The van der Waals surface area contributed by atoms with Gasteiger partial charge in [-0.1, -0.05) is 30.3 Å². The van der Waals surface area contributed by atoms with Gasteiger partial charge in [0, 0.05) is 6.54 Å². The highest BCUT2D eigenvalue weighted by atomic mass is 16.5. The normalized spacial score (nSPS) is 16.5. The van der Waals surface area contributed by atoms with Gasteiger partial charge in [0.15, 0.2) is 5.41 Å². The SMILES string of the molecule is COC(=O)C1(C(=O)NCc2ccccc2)COC1. The summed E-state index contributed by atoms with van der Waals surface area (Å²) >= 11 is 0. The van der Waals surface area contributed by atoms with Crippen LogP contribution in [0.25, 0.3) is 0 Å². The molecule has 0 bridgehead atoms. The number of carbonyl (C=O) groups excluding carboxylic acids is 2. The van der Waals surface area contributed by atoms with Crippen LogP contribution >= 0.6 is 0 Å². The lowest BCUT2D eigenvalue weighted by Crippen LogP contribution is -2.59. The molecule has 1 N–H and O–H groups in total. The Morgan fingerprint density at radius 2 is 2.00 bits per heavy atom. The Kier molecular flexibility index (Phi) is 3.62. The molecule has 1 amide bonds. The summed E-state index contributed by atoms with van der Waals surface area (Å²) in [5.74, 6) is -0.885. The van der Waals surface area contributed by atoms with Crippen LogP contribution in [-0.2, 0) is 25.6 Å². The number of carbonyl (C=O) groups is 2. The molecule has 0 unspecified atom stereocenters. The Hall–Kier alpha value is -1.88. The number of amides is 1. The van der Waals surface area contributed by atoms with Crippen LogP contribution in [0.15, 0.2) is 30.3 Å². The van der Waals surface area contributed by atoms with E-state index in [0.717, 1.165) is 5.56 Å². The van der Waals surface area contributed by atoms with Crippen molar-refractivity contribution in [1.29, 1.82) is 0 Å². The van der Waals surface area contributed by atoms with Crippen LogP contribution in [0.5, 0.6) is 0 Å². The Morgan fingerprint density at radius 1 is 1.33 bits per heavy atom. The highest BCUT2D eigenvalue weighted by Gasteiger charge is 2.53. The quantitative estimate of drug-likeness (QED) is 0.623. The van der Waals surface area contributed by atoms with Gasteiger partial charge in [0.1, 0.15) is 0 Å². The van der Waals surface area contributed by atoms with E-state index in [2.05, 4.69) is 10.1 Å². The predicted molar refractivity (Wildman–Crippen MR) is 63.6 cm³/mol. The molecule has 96 valence electrons. The van der Waals surface area contributed by atoms with Crippen molar-refractivity contribution in [1.82, 2.24) is 5.32 Å². The molecule has 1 heterocycles. The molecule has 5 heteroatoms. The van der Waals surface area contributed by atoms with Crippen molar-refractivity contribution >= 4 is 11.9 Å². The van der Waals surface area contributed by atoms with Gasteiger partial charge in [0.25, 0.3) is 0 Å². The molecule has 1 aliphatic rings. The van der Waals surface area contributed by atoms with Gasteiger partial charge in [-0.15, -0.1) is 0 Å². The molecule has 0 spiro atoms. The maximum Gasteiger partial charge on any atom is 0.326 e. The van der Waals surface area contributed by atoms with Gasteiger partial charge in [-0.2, -0.15) is 0 Å². The van der Waals surface area contributed by atoms with Crippen LogP contribution in [0.4, 0.5) is 0 Å². The molecule has 1 saturated heterocycles. The third-order valence-corrected chi connectivity index (χ3v) is 3.00. The molecule has 1 aliphatic heterocycles. The van der Waals surface area contributed by atoms with E-state index in [9.17, 15) is 9.59 Å². The van der Waals surface area contributed by atoms with Crippen molar-refractivity contribution in [2.24, 2.45) is 5.41 Å². The van der Waals surface area contributed by atoms with E-state index < -0.39 is 11.4 Å². The van der Waals surface area contributed by atoms with E-state index >= 15 is 0 Å². The predicted octanol–water partition coefficient (Wildman–Crippen LogP) is 0.492. The van der Waals surface area contributed by atoms with Gasteiger partial charge >= 0.3 is 5.97 Å². The molecule has 1 aromatic rings. The summed E-state index contributed by atoms with van der Waals surface area (Å²) in [6.45, 7) is 0.555. The van der Waals surface area contributed by atoms with Gasteiger partial charge in [-0.05, 0) is 5.56 Å². The van der Waals surface area contributed by atoms with E-state index in [4.69, 9.17) is 4.74 Å². The van der Waals surface area contributed by atoms with Gasteiger partial charge in [-0.25, -0.2) is 0 Å². The Labute approximate surface area is 105 Å². The van der Waals surface area contributed by atoms with E-state index in [1.807, 2.05) is 30.3 Å². The maximum atomic E-state index is 12.0. The molecular formula is C13H15NO4. The minimum Gasteiger partial charge on any atom is -0.468 e. The lowest BCUT2D eigenvalue weighted by atomic mass is 9.85. The number of benzene rings is 1. The molecule has 0 saturated carbocycles. The number of ether oxygens (including phenoxy) is 2. The summed E-state index contributed by atoms with van der Waals surface area (Å²) in [4.78, 5) is 23.6. The summed E-state index contributed by atoms with van der Waals surface area (Å²) in [6.07, 6.45) is 0. The lowest BCUT2D eigenvalue weighted by Gasteiger charge is -2.36. The zero-order chi connectivity index (χ0) is 13.0. The van der Waals surface area contributed by atoms with Gasteiger partial charge < -0.3 is 14.8 Å². The summed E-state index contributed by atoms with van der Waals surface area (Å²) in [5, 5.41) is 2.74. The minimum absolute atomic E-state index is 0.0836. The molecule has 0 radical (unpaired) electrons. The second-order valence-corrected chi connectivity index (χ2v) is 4.23. The highest BCUT2D eigenvalue weighted by molar-refractivity contribution is 6.03. The van der Waals surface area contributed by atoms with Crippen LogP contribution in [-0.4, -0.2) is 32.2 Å². The van der Waals surface area contributed by atoms with Crippen molar-refractivity contribution in [2.45, 2.75) is 6.54 Å². The fourth-order valence-corrected chi connectivity index (χ4v) is 1.79. The largest absolute Gasteiger partial charge is 0.468 e. The number of rotatable bonds is 4. The second kappa shape index (κ2) is 5.18. The first-order valence-electron chi connectivity index (χ1n) is 5.67. The summed E-state index contributed by atoms with van der Waals surface area (Å²) in [7, 11) is 1.27. The molecule has 2 rings (SSSR count). The zero-order valence-corrected chi connectivity index (χ0v) is 10.1. The summed E-state index contributed by atoms with van der Waals surface area (Å²) in [6, 6.07) is 9.50. The standard InChI is InChI=1S/C13H15NO4/c1-17-12(16)13(8-18-9-13)11(15)14-7-10-5-3-2-4-6-10/h2-6H,7-9H2,1H3,(H,14,15). The van der Waals surface area contributed by atoms with Crippen molar-refractivity contribution < 1.29 is 19.1 Å². The number of hydrogen-bond acceptors (Lipinski definition) is 4. The first-order valence-corrected chi connectivity index (χ1v) is 5.67. The van der Waals surface area contributed by atoms with Crippen LogP contribution < -0.4 is 5.32 Å². The Bertz CT molecular complexity index is 440. The maximum absolute atomic E-state index is 12.0. The topological polar surface area (TPSA) is 64.6 Å². The third-order valence-electron chi connectivity index (χ3n) is 3.00. The number of esters is 1. The number of methoxy groups -OCH3 is 1. The highest BCUT2D eigenvalue weighted by Crippen LogP contribution is 2.29. The smallest absolute Gasteiger partial charge is 0.326 e. The molecule has 0 aliphatic carbocycles. The van der Waals surface area contributed by atoms with Crippen LogP contribution in [0.2, 0.25) is 0 Å². The monoisotopic (exact) mass is 249 g/mol. The first kappa shape index (κ1) is 12.6. The van der Waals surface area contributed by atoms with Crippen molar-refractivity contribution in [3.05, 3.63) is 35.9 Å². The average molecular weight is 249 g/mol. The van der Waals surface area contributed by atoms with Crippen molar-refractivity contribution in [3.63, 3.8) is 0 Å². The molecule has 0 atom stereocenters. The van der Waals surface area contributed by atoms with Gasteiger partial charge in [0.2, 0.25) is 5.91 Å². The van der Waals surface area contributed by atoms with Crippen LogP contribution in [0, 0.1) is 5.41 Å². The van der Waals surface area contributed by atoms with Crippen molar-refractivity contribution in [2.75, 3.05) is 20.3 Å². The van der Waals surface area contributed by atoms with Crippen LogP contribution in [0.3, 0.4) is 0 Å². The van der Waals surface area contributed by atoms with Gasteiger partial charge in [-0.3, -0.25) is 9.59 Å². The van der Waals surface area contributed by atoms with Crippen molar-refractivity contribution in [3.8, 4) is 0 Å². The molecule has 5 nitrogen and oxygen atoms in total. The third kappa shape index (κ3) is 2.22. The fraction of sp³-hybridized carbons (Fsp3) is 0.385. The zero-order valence-electron chi connectivity index (χ0n) is 10.1. The van der Waals surface area contributed by atoms with E-state index in [1.54, 1.807) is 0 Å². The Balaban J connectivity index is 1.97. The first-order chi connectivity index (χ1) is 8.69. The molecular weight excluding hydrogens is 234 g/mol. The minimum atomic E-state index is -1.16. The van der Waals surface area contributed by atoms with E-state index in [0.29, 0.717) is 6.54 Å². The molecule has 1 aromatic carbocycles. The number of hydrogen-bond donors (Lipinski definition) is 1. The van der Waals surface area contributed by atoms with Gasteiger partial charge in [0.05, 0.1) is 20.3 Å². The van der Waals surface area contributed by atoms with E-state index in [1.165, 1.54) is 7.11 Å². The number of nitrogens with one attached hydrogen (secondary N) is 1. The van der Waals surface area contributed by atoms with Crippen LogP contribution in [0.1, 0.15) is 5.56 Å². The molecule has 18 heavy (non-hydrogen) atoms. The average Bonchev–Trinajstić information content (AvgIpc) is 2.36.